The molecule has 0 radical (unpaired) electrons. The van der Waals surface area contributed by atoms with Gasteiger partial charge in [0.25, 0.3) is 0 Å². The topological polar surface area (TPSA) is 77.9 Å². The highest BCUT2D eigenvalue weighted by molar-refractivity contribution is 5.86. The maximum absolute atomic E-state index is 12.1. The number of carbonyl (C=O) groups is 3. The van der Waals surface area contributed by atoms with Gasteiger partial charge in [0.15, 0.2) is 0 Å². The molecule has 0 bridgehead atoms. The molecule has 2 fully saturated rings. The van der Waals surface area contributed by atoms with Crippen molar-refractivity contribution in [3.8, 4) is 0 Å². The van der Waals surface area contributed by atoms with E-state index in [0.29, 0.717) is 19.5 Å². The Balaban J connectivity index is 1.90. The molecule has 106 valence electrons. The van der Waals surface area contributed by atoms with Crippen LogP contribution in [0, 0.1) is 11.8 Å². The first-order valence-corrected chi connectivity index (χ1v) is 6.77. The highest BCUT2D eigenvalue weighted by Gasteiger charge is 2.37. The van der Waals surface area contributed by atoms with Crippen molar-refractivity contribution in [2.75, 3.05) is 26.2 Å². The smallest absolute Gasteiger partial charge is 0.308 e. The minimum atomic E-state index is -0.850. The number of likely N-dealkylation sites (tertiary alicyclic amines) is 2. The Bertz CT molecular complexity index is 396. The van der Waals surface area contributed by atoms with Gasteiger partial charge in [0.05, 0.1) is 12.5 Å². The Morgan fingerprint density at radius 1 is 1.32 bits per heavy atom. The average Bonchev–Trinajstić information content (AvgIpc) is 2.74. The predicted molar refractivity (Wildman–Crippen MR) is 67.3 cm³/mol. The van der Waals surface area contributed by atoms with Gasteiger partial charge in [0, 0.05) is 26.1 Å². The Kier molecular flexibility index (Phi) is 4.07. The molecule has 19 heavy (non-hydrogen) atoms. The van der Waals surface area contributed by atoms with Gasteiger partial charge in [-0.1, -0.05) is 6.92 Å². The number of aliphatic carboxylic acids is 1. The highest BCUT2D eigenvalue weighted by atomic mass is 16.4. The fourth-order valence-electron chi connectivity index (χ4n) is 2.78. The SMILES string of the molecule is C[C@@H]1CN(C(=O)CN2CCCCC2=O)C[C@H]1C(=O)O. The second-order valence-corrected chi connectivity index (χ2v) is 5.49. The molecule has 2 saturated heterocycles. The van der Waals surface area contributed by atoms with E-state index in [-0.39, 0.29) is 30.8 Å². The van der Waals surface area contributed by atoms with Crippen molar-refractivity contribution in [1.82, 2.24) is 9.80 Å². The van der Waals surface area contributed by atoms with E-state index in [1.54, 1.807) is 9.80 Å². The zero-order valence-electron chi connectivity index (χ0n) is 11.2. The molecule has 0 spiro atoms. The second kappa shape index (κ2) is 5.59. The largest absolute Gasteiger partial charge is 0.481 e. The quantitative estimate of drug-likeness (QED) is 0.792. The number of carboxylic acids is 1. The minimum absolute atomic E-state index is 0.0292. The number of hydrogen-bond donors (Lipinski definition) is 1. The molecule has 0 aliphatic carbocycles. The van der Waals surface area contributed by atoms with Crippen LogP contribution in [0.1, 0.15) is 26.2 Å². The van der Waals surface area contributed by atoms with Crippen LogP contribution < -0.4 is 0 Å². The average molecular weight is 268 g/mol. The molecule has 6 heteroatoms. The summed E-state index contributed by atoms with van der Waals surface area (Å²) in [6.45, 7) is 3.31. The van der Waals surface area contributed by atoms with Crippen LogP contribution in [0.4, 0.5) is 0 Å². The zero-order chi connectivity index (χ0) is 14.0. The lowest BCUT2D eigenvalue weighted by Crippen LogP contribution is -2.44. The Hall–Kier alpha value is -1.59. The number of rotatable bonds is 3. The van der Waals surface area contributed by atoms with E-state index in [1.807, 2.05) is 6.92 Å². The van der Waals surface area contributed by atoms with Crippen molar-refractivity contribution in [2.24, 2.45) is 11.8 Å². The van der Waals surface area contributed by atoms with E-state index in [9.17, 15) is 14.4 Å². The molecule has 0 aromatic heterocycles. The summed E-state index contributed by atoms with van der Waals surface area (Å²) in [5.41, 5.74) is 0. The molecular weight excluding hydrogens is 248 g/mol. The van der Waals surface area contributed by atoms with Crippen molar-refractivity contribution < 1.29 is 19.5 Å². The molecule has 1 N–H and O–H groups in total. The van der Waals surface area contributed by atoms with Crippen LogP contribution in [0.2, 0.25) is 0 Å². The van der Waals surface area contributed by atoms with Gasteiger partial charge in [-0.2, -0.15) is 0 Å². The molecule has 6 nitrogen and oxygen atoms in total. The molecule has 2 aliphatic heterocycles. The van der Waals surface area contributed by atoms with Gasteiger partial charge in [-0.15, -0.1) is 0 Å². The molecule has 0 saturated carbocycles. The minimum Gasteiger partial charge on any atom is -0.481 e. The summed E-state index contributed by atoms with van der Waals surface area (Å²) in [5, 5.41) is 9.04. The van der Waals surface area contributed by atoms with E-state index in [2.05, 4.69) is 0 Å². The maximum atomic E-state index is 12.1. The van der Waals surface area contributed by atoms with Crippen molar-refractivity contribution in [3.05, 3.63) is 0 Å². The number of nitrogens with zero attached hydrogens (tertiary/aromatic N) is 2. The van der Waals surface area contributed by atoms with E-state index in [4.69, 9.17) is 5.11 Å². The summed E-state index contributed by atoms with van der Waals surface area (Å²) in [6.07, 6.45) is 2.35. The fourth-order valence-corrected chi connectivity index (χ4v) is 2.78. The molecule has 2 atom stereocenters. The first kappa shape index (κ1) is 13.8. The van der Waals surface area contributed by atoms with Crippen molar-refractivity contribution in [3.63, 3.8) is 0 Å². The van der Waals surface area contributed by atoms with Crippen LogP contribution in [0.5, 0.6) is 0 Å². The van der Waals surface area contributed by atoms with Gasteiger partial charge in [0.2, 0.25) is 11.8 Å². The molecule has 2 amide bonds. The third kappa shape index (κ3) is 3.05. The van der Waals surface area contributed by atoms with E-state index in [0.717, 1.165) is 12.8 Å². The molecule has 2 heterocycles. The standard InChI is InChI=1S/C13H20N2O4/c1-9-6-15(7-10(9)13(18)19)12(17)8-14-5-3-2-4-11(14)16/h9-10H,2-8H2,1H3,(H,18,19)/t9-,10-/m1/s1. The summed E-state index contributed by atoms with van der Waals surface area (Å²) in [4.78, 5) is 37.9. The van der Waals surface area contributed by atoms with E-state index >= 15 is 0 Å². The van der Waals surface area contributed by atoms with Crippen molar-refractivity contribution in [1.29, 1.82) is 0 Å². The lowest BCUT2D eigenvalue weighted by atomic mass is 9.99. The lowest BCUT2D eigenvalue weighted by molar-refractivity contribution is -0.143. The number of carbonyl (C=O) groups excluding carboxylic acids is 2. The number of hydrogen-bond acceptors (Lipinski definition) is 3. The van der Waals surface area contributed by atoms with Gasteiger partial charge in [-0.05, 0) is 18.8 Å². The molecule has 0 aromatic carbocycles. The molecular formula is C13H20N2O4. The number of amides is 2. The third-order valence-corrected chi connectivity index (χ3v) is 4.03. The summed E-state index contributed by atoms with van der Waals surface area (Å²) in [5.74, 6) is -1.47. The monoisotopic (exact) mass is 268 g/mol. The summed E-state index contributed by atoms with van der Waals surface area (Å²) in [7, 11) is 0. The van der Waals surface area contributed by atoms with Gasteiger partial charge < -0.3 is 14.9 Å². The van der Waals surface area contributed by atoms with E-state index in [1.165, 1.54) is 0 Å². The van der Waals surface area contributed by atoms with Gasteiger partial charge in [-0.3, -0.25) is 14.4 Å². The van der Waals surface area contributed by atoms with Crippen molar-refractivity contribution >= 4 is 17.8 Å². The molecule has 2 aliphatic rings. The fraction of sp³-hybridized carbons (Fsp3) is 0.769. The Morgan fingerprint density at radius 3 is 2.63 bits per heavy atom. The second-order valence-electron chi connectivity index (χ2n) is 5.49. The molecule has 2 rings (SSSR count). The van der Waals surface area contributed by atoms with Crippen LogP contribution in [-0.2, 0) is 14.4 Å². The Morgan fingerprint density at radius 2 is 2.05 bits per heavy atom. The maximum Gasteiger partial charge on any atom is 0.308 e. The zero-order valence-corrected chi connectivity index (χ0v) is 11.2. The number of piperidine rings is 1. The summed E-state index contributed by atoms with van der Waals surface area (Å²) >= 11 is 0. The molecule has 0 unspecified atom stereocenters. The summed E-state index contributed by atoms with van der Waals surface area (Å²) < 4.78 is 0. The molecule has 0 aromatic rings. The van der Waals surface area contributed by atoms with Gasteiger partial charge in [0.1, 0.15) is 0 Å². The normalized spacial score (nSPS) is 27.7. The summed E-state index contributed by atoms with van der Waals surface area (Å²) in [6, 6.07) is 0. The Labute approximate surface area is 112 Å². The number of carboxylic acid groups (broad SMARTS) is 1. The van der Waals surface area contributed by atoms with Crippen LogP contribution in [0.25, 0.3) is 0 Å². The highest BCUT2D eigenvalue weighted by Crippen LogP contribution is 2.23. The van der Waals surface area contributed by atoms with Gasteiger partial charge >= 0.3 is 5.97 Å². The van der Waals surface area contributed by atoms with Crippen LogP contribution in [0.15, 0.2) is 0 Å². The van der Waals surface area contributed by atoms with Crippen LogP contribution in [-0.4, -0.2) is 58.9 Å². The third-order valence-electron chi connectivity index (χ3n) is 4.03. The van der Waals surface area contributed by atoms with Crippen molar-refractivity contribution in [2.45, 2.75) is 26.2 Å². The van der Waals surface area contributed by atoms with E-state index < -0.39 is 11.9 Å². The first-order chi connectivity index (χ1) is 8.99. The van der Waals surface area contributed by atoms with Crippen LogP contribution in [0.3, 0.4) is 0 Å². The predicted octanol–water partition coefficient (Wildman–Crippen LogP) is 0.178. The van der Waals surface area contributed by atoms with Crippen LogP contribution >= 0.6 is 0 Å². The van der Waals surface area contributed by atoms with Gasteiger partial charge in [-0.25, -0.2) is 0 Å². The first-order valence-electron chi connectivity index (χ1n) is 6.77. The lowest BCUT2D eigenvalue weighted by Gasteiger charge is -2.28.